The van der Waals surface area contributed by atoms with Crippen molar-refractivity contribution < 1.29 is 14.2 Å². The van der Waals surface area contributed by atoms with Crippen molar-refractivity contribution in [3.63, 3.8) is 0 Å². The van der Waals surface area contributed by atoms with Crippen molar-refractivity contribution in [1.29, 1.82) is 0 Å². The molecule has 166 valence electrons. The van der Waals surface area contributed by atoms with Crippen LogP contribution in [0.3, 0.4) is 0 Å². The first kappa shape index (κ1) is 21.3. The lowest BCUT2D eigenvalue weighted by atomic mass is 10.1. The number of carbonyl (C=O) groups excluding carboxylic acids is 2. The number of likely N-dealkylation sites (N-methyl/N-ethyl adjacent to an activating group) is 2. The van der Waals surface area contributed by atoms with Gasteiger partial charge in [0.2, 0.25) is 5.91 Å². The van der Waals surface area contributed by atoms with Gasteiger partial charge < -0.3 is 14.7 Å². The Kier molecular flexibility index (Phi) is 6.22. The van der Waals surface area contributed by atoms with Crippen LogP contribution >= 0.6 is 0 Å². The van der Waals surface area contributed by atoms with Gasteiger partial charge in [-0.3, -0.25) is 14.5 Å². The van der Waals surface area contributed by atoms with Gasteiger partial charge in [-0.15, -0.1) is 0 Å². The van der Waals surface area contributed by atoms with Crippen LogP contribution < -0.4 is 4.90 Å². The fourth-order valence-corrected chi connectivity index (χ4v) is 4.27. The number of anilines is 1. The van der Waals surface area contributed by atoms with E-state index in [4.69, 9.17) is 4.63 Å². The second kappa shape index (κ2) is 9.05. The molecule has 2 fully saturated rings. The summed E-state index contributed by atoms with van der Waals surface area (Å²) in [6.45, 7) is 5.81. The third-order valence-corrected chi connectivity index (χ3v) is 6.29. The van der Waals surface area contributed by atoms with Crippen LogP contribution in [-0.2, 0) is 11.3 Å². The predicted octanol–water partition coefficient (Wildman–Crippen LogP) is 1.39. The molecule has 31 heavy (non-hydrogen) atoms. The third kappa shape index (κ3) is 4.56. The van der Waals surface area contributed by atoms with Gasteiger partial charge in [0.1, 0.15) is 17.4 Å². The SMILES string of the molecule is Cc1nonc1CN(C)C(=O)C1CN(C(=O)c2cccc(N3CCCC3)c2)CCN1C. The van der Waals surface area contributed by atoms with Gasteiger partial charge in [-0.2, -0.15) is 0 Å². The van der Waals surface area contributed by atoms with Gasteiger partial charge in [0, 0.05) is 51.0 Å². The molecule has 2 aliphatic heterocycles. The van der Waals surface area contributed by atoms with E-state index in [1.54, 1.807) is 23.8 Å². The van der Waals surface area contributed by atoms with Crippen molar-refractivity contribution in [1.82, 2.24) is 25.0 Å². The first-order valence-corrected chi connectivity index (χ1v) is 10.8. The van der Waals surface area contributed by atoms with Gasteiger partial charge in [0.15, 0.2) is 0 Å². The zero-order chi connectivity index (χ0) is 22.0. The minimum atomic E-state index is -0.398. The van der Waals surface area contributed by atoms with E-state index < -0.39 is 6.04 Å². The van der Waals surface area contributed by atoms with E-state index in [1.807, 2.05) is 30.1 Å². The van der Waals surface area contributed by atoms with E-state index >= 15 is 0 Å². The molecule has 0 bridgehead atoms. The van der Waals surface area contributed by atoms with E-state index in [1.165, 1.54) is 12.8 Å². The standard InChI is InChI=1S/C22H30N6O3/c1-16-19(24-31-23-16)14-26(3)22(30)20-15-28(12-11-25(20)2)21(29)17-7-6-8-18(13-17)27-9-4-5-10-27/h6-8,13,20H,4-5,9-12,14-15H2,1-3H3. The van der Waals surface area contributed by atoms with Crippen molar-refractivity contribution in [2.24, 2.45) is 0 Å². The maximum atomic E-state index is 13.2. The lowest BCUT2D eigenvalue weighted by Gasteiger charge is -2.40. The molecule has 0 aliphatic carbocycles. The number of piperazine rings is 1. The van der Waals surface area contributed by atoms with E-state index in [0.29, 0.717) is 43.1 Å². The van der Waals surface area contributed by atoms with Gasteiger partial charge in [-0.05, 0) is 45.0 Å². The summed E-state index contributed by atoms with van der Waals surface area (Å²) in [5.74, 6) is -0.0700. The second-order valence-corrected chi connectivity index (χ2v) is 8.48. The zero-order valence-corrected chi connectivity index (χ0v) is 18.5. The molecule has 1 atom stereocenters. The number of benzene rings is 1. The summed E-state index contributed by atoms with van der Waals surface area (Å²) in [6.07, 6.45) is 2.38. The molecule has 2 aliphatic rings. The Hall–Kier alpha value is -2.94. The third-order valence-electron chi connectivity index (χ3n) is 6.29. The highest BCUT2D eigenvalue weighted by Crippen LogP contribution is 2.23. The molecule has 1 aromatic heterocycles. The zero-order valence-electron chi connectivity index (χ0n) is 18.5. The number of carbonyl (C=O) groups is 2. The summed E-state index contributed by atoms with van der Waals surface area (Å²) >= 11 is 0. The molecule has 1 unspecified atom stereocenters. The van der Waals surface area contributed by atoms with Crippen LogP contribution in [0.15, 0.2) is 28.9 Å². The minimum Gasteiger partial charge on any atom is -0.372 e. The summed E-state index contributed by atoms with van der Waals surface area (Å²) in [6, 6.07) is 7.46. The van der Waals surface area contributed by atoms with Gasteiger partial charge in [0.25, 0.3) is 5.91 Å². The number of hydrogen-bond acceptors (Lipinski definition) is 7. The molecule has 2 aromatic rings. The highest BCUT2D eigenvalue weighted by molar-refractivity contribution is 5.96. The number of amides is 2. The van der Waals surface area contributed by atoms with Gasteiger partial charge in [0.05, 0.1) is 6.54 Å². The average molecular weight is 427 g/mol. The van der Waals surface area contributed by atoms with Gasteiger partial charge in [-0.25, -0.2) is 4.63 Å². The maximum Gasteiger partial charge on any atom is 0.254 e. The van der Waals surface area contributed by atoms with E-state index in [0.717, 1.165) is 18.8 Å². The number of hydrogen-bond donors (Lipinski definition) is 0. The minimum absolute atomic E-state index is 0.0221. The van der Waals surface area contributed by atoms with E-state index in [9.17, 15) is 9.59 Å². The Morgan fingerprint density at radius 3 is 2.65 bits per heavy atom. The largest absolute Gasteiger partial charge is 0.372 e. The van der Waals surface area contributed by atoms with Crippen molar-refractivity contribution in [2.75, 3.05) is 51.7 Å². The summed E-state index contributed by atoms with van der Waals surface area (Å²) in [7, 11) is 3.67. The van der Waals surface area contributed by atoms with Crippen LogP contribution in [0.4, 0.5) is 5.69 Å². The van der Waals surface area contributed by atoms with Crippen molar-refractivity contribution in [3.8, 4) is 0 Å². The Labute approximate surface area is 182 Å². The Balaban J connectivity index is 1.44. The molecule has 0 spiro atoms. The lowest BCUT2D eigenvalue weighted by Crippen LogP contribution is -2.58. The molecule has 3 heterocycles. The Morgan fingerprint density at radius 2 is 1.94 bits per heavy atom. The van der Waals surface area contributed by atoms with Crippen molar-refractivity contribution >= 4 is 17.5 Å². The molecular formula is C22H30N6O3. The second-order valence-electron chi connectivity index (χ2n) is 8.48. The lowest BCUT2D eigenvalue weighted by molar-refractivity contribution is -0.137. The number of aryl methyl sites for hydroxylation is 1. The topological polar surface area (TPSA) is 86.0 Å². The Morgan fingerprint density at radius 1 is 1.16 bits per heavy atom. The van der Waals surface area contributed by atoms with Crippen LogP contribution in [0.1, 0.15) is 34.6 Å². The molecule has 9 heteroatoms. The van der Waals surface area contributed by atoms with Crippen LogP contribution in [0.25, 0.3) is 0 Å². The van der Waals surface area contributed by atoms with Crippen LogP contribution in [0, 0.1) is 6.92 Å². The highest BCUT2D eigenvalue weighted by Gasteiger charge is 2.34. The van der Waals surface area contributed by atoms with Crippen molar-refractivity contribution in [2.45, 2.75) is 32.4 Å². The normalized spacial score (nSPS) is 19.6. The van der Waals surface area contributed by atoms with Gasteiger partial charge >= 0.3 is 0 Å². The van der Waals surface area contributed by atoms with E-state index in [2.05, 4.69) is 21.3 Å². The van der Waals surface area contributed by atoms with E-state index in [-0.39, 0.29) is 11.8 Å². The molecule has 0 radical (unpaired) electrons. The Bertz CT molecular complexity index is 939. The average Bonchev–Trinajstić information content (AvgIpc) is 3.46. The molecular weight excluding hydrogens is 396 g/mol. The fraction of sp³-hybridized carbons (Fsp3) is 0.545. The number of aromatic nitrogens is 2. The first-order valence-electron chi connectivity index (χ1n) is 10.8. The quantitative estimate of drug-likeness (QED) is 0.714. The monoisotopic (exact) mass is 426 g/mol. The first-order chi connectivity index (χ1) is 14.9. The number of nitrogens with zero attached hydrogens (tertiary/aromatic N) is 6. The maximum absolute atomic E-state index is 13.2. The molecule has 4 rings (SSSR count). The fourth-order valence-electron chi connectivity index (χ4n) is 4.27. The summed E-state index contributed by atoms with van der Waals surface area (Å²) in [5.41, 5.74) is 3.09. The molecule has 1 aromatic carbocycles. The van der Waals surface area contributed by atoms with Crippen LogP contribution in [0.5, 0.6) is 0 Å². The number of rotatable bonds is 5. The molecule has 2 saturated heterocycles. The van der Waals surface area contributed by atoms with Crippen LogP contribution in [-0.4, -0.2) is 89.7 Å². The molecule has 0 N–H and O–H groups in total. The molecule has 0 saturated carbocycles. The van der Waals surface area contributed by atoms with Crippen molar-refractivity contribution in [3.05, 3.63) is 41.2 Å². The predicted molar refractivity (Wildman–Crippen MR) is 116 cm³/mol. The van der Waals surface area contributed by atoms with Gasteiger partial charge in [-0.1, -0.05) is 16.4 Å². The molecule has 9 nitrogen and oxygen atoms in total. The summed E-state index contributed by atoms with van der Waals surface area (Å²) in [4.78, 5) is 34.1. The highest BCUT2D eigenvalue weighted by atomic mass is 16.6. The summed E-state index contributed by atoms with van der Waals surface area (Å²) in [5, 5.41) is 7.63. The smallest absolute Gasteiger partial charge is 0.254 e. The van der Waals surface area contributed by atoms with Crippen LogP contribution in [0.2, 0.25) is 0 Å². The molecule has 2 amide bonds. The summed E-state index contributed by atoms with van der Waals surface area (Å²) < 4.78 is 4.73.